The Labute approximate surface area is 529 Å². The highest BCUT2D eigenvalue weighted by Gasteiger charge is 2.15. The molecule has 19 nitrogen and oxygen atoms in total. The molecule has 12 rings (SSSR count). The Morgan fingerprint density at radius 3 is 1.34 bits per heavy atom. The molecule has 23 heteroatoms. The summed E-state index contributed by atoms with van der Waals surface area (Å²) < 4.78 is 33.0. The first kappa shape index (κ1) is 67.8. The molecule has 3 aromatic carbocycles. The molecule has 3 aliphatic rings. The predicted molar refractivity (Wildman–Crippen MR) is 360 cm³/mol. The number of benzene rings is 3. The topological polar surface area (TPSA) is 222 Å². The largest absolute Gasteiger partial charge is 0.472 e. The molecule has 3 fully saturated rings. The number of rotatable bonds is 18. The molecule has 0 aliphatic carbocycles. The van der Waals surface area contributed by atoms with Gasteiger partial charge in [0.25, 0.3) is 5.69 Å². The van der Waals surface area contributed by atoms with Gasteiger partial charge in [0.1, 0.15) is 24.2 Å². The molecule has 0 radical (unpaired) electrons. The number of nitrogens with two attached hydrogens (primary N) is 2. The van der Waals surface area contributed by atoms with Gasteiger partial charge in [0, 0.05) is 126 Å². The average molecular weight is 1330 g/mol. The van der Waals surface area contributed by atoms with E-state index in [1.54, 1.807) is 48.5 Å². The smallest absolute Gasteiger partial charge is 0.271 e. The number of aryl methyl sites for hydroxylation is 3. The number of furan rings is 2. The van der Waals surface area contributed by atoms with Crippen molar-refractivity contribution in [3.63, 3.8) is 0 Å². The normalized spacial score (nSPS) is 15.1. The van der Waals surface area contributed by atoms with Crippen molar-refractivity contribution in [2.45, 2.75) is 46.3 Å². The zero-order valence-corrected chi connectivity index (χ0v) is 52.2. The number of fused-ring (bicyclic) bond motifs is 3. The molecule has 0 unspecified atom stereocenters. The van der Waals surface area contributed by atoms with E-state index in [0.29, 0.717) is 16.7 Å². The number of hydrogen-bond donors (Lipinski definition) is 3. The van der Waals surface area contributed by atoms with Gasteiger partial charge in [-0.2, -0.15) is 11.3 Å². The summed E-state index contributed by atoms with van der Waals surface area (Å²) in [6.07, 6.45) is 17.9. The molecule has 9 aromatic rings. The highest BCUT2D eigenvalue weighted by atomic mass is 127. The lowest BCUT2D eigenvalue weighted by Crippen LogP contribution is -2.37. The lowest BCUT2D eigenvalue weighted by Gasteiger charge is -2.26. The highest BCUT2D eigenvalue weighted by Crippen LogP contribution is 2.26. The molecular weight excluding hydrogens is 1250 g/mol. The summed E-state index contributed by atoms with van der Waals surface area (Å²) in [6, 6.07) is 29.3. The van der Waals surface area contributed by atoms with Crippen LogP contribution in [0.15, 0.2) is 164 Å². The van der Waals surface area contributed by atoms with Crippen molar-refractivity contribution in [1.29, 1.82) is 5.41 Å². The maximum Gasteiger partial charge on any atom is 0.271 e. The third-order valence-electron chi connectivity index (χ3n) is 14.5. The van der Waals surface area contributed by atoms with Crippen LogP contribution in [0.3, 0.4) is 0 Å². The van der Waals surface area contributed by atoms with Crippen LogP contribution < -0.4 is 11.5 Å². The van der Waals surface area contributed by atoms with Crippen molar-refractivity contribution in [2.75, 3.05) is 105 Å². The molecule has 0 spiro atoms. The van der Waals surface area contributed by atoms with Gasteiger partial charge in [0.15, 0.2) is 0 Å². The van der Waals surface area contributed by atoms with Gasteiger partial charge >= 0.3 is 0 Å². The summed E-state index contributed by atoms with van der Waals surface area (Å²) >= 11 is 3.10. The molecule has 0 atom stereocenters. The molecule has 0 amide bonds. The second-order valence-corrected chi connectivity index (χ2v) is 21.6. The molecule has 0 bridgehead atoms. The number of nitro groups is 1. The van der Waals surface area contributed by atoms with Gasteiger partial charge in [0.2, 0.25) is 0 Å². The van der Waals surface area contributed by atoms with Gasteiger partial charge in [-0.05, 0) is 108 Å². The van der Waals surface area contributed by atoms with Gasteiger partial charge in [-0.15, -0.1) is 48.1 Å². The molecule has 5 N–H and O–H groups in total. The molecule has 6 aromatic heterocycles. The first-order chi connectivity index (χ1) is 40.2. The number of non-ortho nitro benzene ring substituents is 1. The van der Waals surface area contributed by atoms with E-state index in [0.717, 1.165) is 176 Å². The first-order valence-electron chi connectivity index (χ1n) is 27.9. The summed E-state index contributed by atoms with van der Waals surface area (Å²) in [5.41, 5.74) is 19.9. The number of hydrogen-bond acceptors (Lipinski definition) is 15. The zero-order chi connectivity index (χ0) is 56.9. The minimum Gasteiger partial charge on any atom is -0.472 e. The number of thiophene rings is 1. The van der Waals surface area contributed by atoms with E-state index in [-0.39, 0.29) is 54.4 Å². The maximum absolute atomic E-state index is 10.9. The second-order valence-electron chi connectivity index (χ2n) is 20.0. The van der Waals surface area contributed by atoms with E-state index in [9.17, 15) is 10.1 Å². The summed E-state index contributed by atoms with van der Waals surface area (Å²) in [6.45, 7) is 17.3. The van der Waals surface area contributed by atoms with Crippen LogP contribution in [0.25, 0.3) is 32.7 Å². The Bertz CT molecular complexity index is 3310. The third-order valence-corrected chi connectivity index (χ3v) is 15.9. The van der Waals surface area contributed by atoms with Crippen molar-refractivity contribution >= 4 is 126 Å². The van der Waals surface area contributed by atoms with E-state index >= 15 is 0 Å². The number of aromatic nitrogens is 3. The SMILES string of the molecule is C.CSC(=N)c1ccsc1.Cl.I.NC(=Nc1ccc2ccn(CCCN3CCOCC3)c2c1)c1ccoc1.NC(=Nc1ccc2ccn(CCCN3CCOCC3)c2c1)c1ccoc1.O=[N+]([O-])c1ccc2ccn(CCCN3CCOCC3)c2c1. The quantitative estimate of drug-likeness (QED) is 0.0239. The monoisotopic (exact) mass is 1330 g/mol. The van der Waals surface area contributed by atoms with E-state index < -0.39 is 0 Å². The number of ether oxygens (including phenoxy) is 3. The van der Waals surface area contributed by atoms with E-state index in [2.05, 4.69) is 87.2 Å². The van der Waals surface area contributed by atoms with Crippen LogP contribution in [-0.4, -0.2) is 155 Å². The van der Waals surface area contributed by atoms with Crippen LogP contribution in [-0.2, 0) is 33.8 Å². The van der Waals surface area contributed by atoms with Gasteiger partial charge < -0.3 is 48.2 Å². The van der Waals surface area contributed by atoms with Crippen LogP contribution in [0.5, 0.6) is 0 Å². The molecule has 85 heavy (non-hydrogen) atoms. The molecule has 9 heterocycles. The highest BCUT2D eigenvalue weighted by molar-refractivity contribution is 14.0. The van der Waals surface area contributed by atoms with Crippen LogP contribution in [0.1, 0.15) is 43.4 Å². The van der Waals surface area contributed by atoms with Crippen LogP contribution in [0, 0.1) is 15.5 Å². The standard InChI is InChI=1S/2C20H24N4O2.C15H19N3O3.C6H7NS2.CH4.ClH.HI/c2*21-20(17-5-11-26-15-17)22-18-3-2-16-4-8-24(19(16)14-18)7-1-6-23-9-12-25-13-10-23;19-18(20)14-3-2-13-4-7-17(15(13)12-14)6-1-5-16-8-10-21-11-9-16;1-8-6(7)5-2-3-9-4-5;;;/h2*2-5,8,11,14-15H,1,6-7,9-10,12-13H2,(H2,21,22);2-4,7,12H,1,5-6,8-11H2;2-4,7H,1H3;1H4;2*1H. The molecule has 3 saturated heterocycles. The van der Waals surface area contributed by atoms with Crippen molar-refractivity contribution in [1.82, 2.24) is 28.4 Å². The Morgan fingerprint density at radius 2 is 0.988 bits per heavy atom. The average Bonchev–Trinajstić information content (AvgIpc) is 2.97. The van der Waals surface area contributed by atoms with Crippen molar-refractivity contribution < 1.29 is 28.0 Å². The van der Waals surface area contributed by atoms with E-state index in [4.69, 9.17) is 39.9 Å². The summed E-state index contributed by atoms with van der Waals surface area (Å²) in [5.74, 6) is 0.923. The van der Waals surface area contributed by atoms with Crippen molar-refractivity contribution in [3.05, 3.63) is 172 Å². The lowest BCUT2D eigenvalue weighted by atomic mass is 10.2. The van der Waals surface area contributed by atoms with Gasteiger partial charge in [-0.25, -0.2) is 9.98 Å². The minimum atomic E-state index is -0.343. The zero-order valence-electron chi connectivity index (χ0n) is 47.4. The Hall–Kier alpha value is -6.32. The summed E-state index contributed by atoms with van der Waals surface area (Å²) in [5, 5.41) is 26.3. The van der Waals surface area contributed by atoms with E-state index in [1.165, 1.54) is 33.6 Å². The van der Waals surface area contributed by atoms with Crippen LogP contribution in [0.2, 0.25) is 0 Å². The summed E-state index contributed by atoms with van der Waals surface area (Å²) in [4.78, 5) is 26.9. The number of amidine groups is 2. The Kier molecular flexibility index (Phi) is 28.2. The number of morpholine rings is 3. The van der Waals surface area contributed by atoms with Gasteiger partial charge in [-0.1, -0.05) is 19.6 Å². The number of halogens is 2. The van der Waals surface area contributed by atoms with Crippen LogP contribution in [0.4, 0.5) is 17.1 Å². The van der Waals surface area contributed by atoms with Gasteiger partial charge in [0.05, 0.1) is 101 Å². The molecule has 0 saturated carbocycles. The number of nitrogens with one attached hydrogen (secondary N) is 1. The fourth-order valence-corrected chi connectivity index (χ4v) is 11.0. The van der Waals surface area contributed by atoms with Crippen LogP contribution >= 0.6 is 59.5 Å². The van der Waals surface area contributed by atoms with E-state index in [1.807, 2.05) is 65.7 Å². The Morgan fingerprint density at radius 1 is 0.588 bits per heavy atom. The maximum atomic E-state index is 10.9. The number of aliphatic imine (C=N–C) groups is 2. The second kappa shape index (κ2) is 35.3. The van der Waals surface area contributed by atoms with Gasteiger partial charge in [-0.3, -0.25) is 30.2 Å². The lowest BCUT2D eigenvalue weighted by molar-refractivity contribution is -0.384. The van der Waals surface area contributed by atoms with Crippen molar-refractivity contribution in [2.24, 2.45) is 21.5 Å². The van der Waals surface area contributed by atoms with Crippen molar-refractivity contribution in [3.8, 4) is 0 Å². The number of nitrogens with zero attached hydrogens (tertiary/aromatic N) is 9. The third kappa shape index (κ3) is 20.1. The molecule has 456 valence electrons. The fraction of sp³-hybridized carbons (Fsp3) is 0.371. The number of nitro benzene ring substituents is 1. The number of thioether (sulfide) groups is 1. The first-order valence-corrected chi connectivity index (χ1v) is 30.0. The minimum absolute atomic E-state index is 0. The molecular formula is C62H80ClIN12O7S2. The fourth-order valence-electron chi connectivity index (χ4n) is 9.96. The predicted octanol–water partition coefficient (Wildman–Crippen LogP) is 12.4. The molecule has 3 aliphatic heterocycles. The summed E-state index contributed by atoms with van der Waals surface area (Å²) in [7, 11) is 0. The Balaban J connectivity index is 0.000000188.